The number of hydrogen-bond donors (Lipinski definition) is 1. The number of anilines is 1. The van der Waals surface area contributed by atoms with E-state index in [0.717, 1.165) is 17.9 Å². The molecule has 2 rings (SSSR count). The zero-order valence-corrected chi connectivity index (χ0v) is 19.7. The van der Waals surface area contributed by atoms with Gasteiger partial charge in [-0.1, -0.05) is 23.2 Å². The fourth-order valence-corrected chi connectivity index (χ4v) is 3.47. The van der Waals surface area contributed by atoms with Gasteiger partial charge in [0.15, 0.2) is 18.0 Å². The summed E-state index contributed by atoms with van der Waals surface area (Å²) in [7, 11) is 3.39. The van der Waals surface area contributed by atoms with Gasteiger partial charge in [-0.05, 0) is 30.7 Å². The molecule has 0 saturated heterocycles. The SMILES string of the molecule is COCC(O)COc1ccc(N(C)SOc2cc(Cl)c(OCCCCl)c(Cl)c2)cc1. The Morgan fingerprint density at radius 3 is 2.30 bits per heavy atom. The molecule has 0 spiro atoms. The van der Waals surface area contributed by atoms with Crippen molar-refractivity contribution >= 4 is 52.7 Å². The maximum Gasteiger partial charge on any atom is 0.179 e. The predicted octanol–water partition coefficient (Wildman–Crippen LogP) is 5.47. The molecule has 166 valence electrons. The van der Waals surface area contributed by atoms with Crippen LogP contribution in [0.1, 0.15) is 6.42 Å². The number of methoxy groups -OCH3 is 1. The Bertz CT molecular complexity index is 759. The second-order valence-electron chi connectivity index (χ2n) is 6.18. The van der Waals surface area contributed by atoms with E-state index in [0.29, 0.717) is 46.2 Å². The fraction of sp³-hybridized carbons (Fsp3) is 0.400. The van der Waals surface area contributed by atoms with Crippen molar-refractivity contribution in [3.8, 4) is 17.2 Å². The first kappa shape index (κ1) is 25.0. The number of halogens is 3. The lowest BCUT2D eigenvalue weighted by Crippen LogP contribution is -2.22. The second kappa shape index (κ2) is 13.2. The molecule has 0 bridgehead atoms. The molecule has 10 heteroatoms. The van der Waals surface area contributed by atoms with E-state index in [4.69, 9.17) is 53.2 Å². The van der Waals surface area contributed by atoms with Crippen LogP contribution < -0.4 is 18.0 Å². The Morgan fingerprint density at radius 1 is 1.03 bits per heavy atom. The van der Waals surface area contributed by atoms with E-state index in [1.54, 1.807) is 12.1 Å². The minimum Gasteiger partial charge on any atom is -0.491 e. The number of rotatable bonds is 13. The van der Waals surface area contributed by atoms with Crippen LogP contribution in [0.15, 0.2) is 36.4 Å². The van der Waals surface area contributed by atoms with E-state index in [1.807, 2.05) is 35.6 Å². The van der Waals surface area contributed by atoms with Crippen LogP contribution >= 0.6 is 47.0 Å². The summed E-state index contributed by atoms with van der Waals surface area (Å²) in [5.41, 5.74) is 0.892. The molecule has 1 unspecified atom stereocenters. The molecule has 0 aromatic heterocycles. The molecule has 0 aliphatic rings. The topological polar surface area (TPSA) is 60.4 Å². The lowest BCUT2D eigenvalue weighted by molar-refractivity contribution is 0.0325. The van der Waals surface area contributed by atoms with Gasteiger partial charge in [-0.2, -0.15) is 0 Å². The summed E-state index contributed by atoms with van der Waals surface area (Å²) in [5, 5.41) is 10.4. The lowest BCUT2D eigenvalue weighted by atomic mass is 10.3. The predicted molar refractivity (Wildman–Crippen MR) is 124 cm³/mol. The Labute approximate surface area is 196 Å². The molecule has 0 amide bonds. The summed E-state index contributed by atoms with van der Waals surface area (Å²) in [6.45, 7) is 0.822. The highest BCUT2D eigenvalue weighted by Crippen LogP contribution is 2.38. The first-order valence-corrected chi connectivity index (χ1v) is 11.1. The molecular weight excluding hydrogens is 473 g/mol. The Kier molecular flexibility index (Phi) is 11.1. The van der Waals surface area contributed by atoms with Gasteiger partial charge in [0, 0.05) is 37.9 Å². The van der Waals surface area contributed by atoms with E-state index in [1.165, 1.54) is 7.11 Å². The molecule has 0 aliphatic carbocycles. The number of benzene rings is 2. The van der Waals surface area contributed by atoms with Crippen LogP contribution in [-0.2, 0) is 4.74 Å². The Balaban J connectivity index is 1.88. The van der Waals surface area contributed by atoms with Crippen molar-refractivity contribution in [2.45, 2.75) is 12.5 Å². The average Bonchev–Trinajstić information content (AvgIpc) is 2.73. The molecule has 0 fully saturated rings. The van der Waals surface area contributed by atoms with Gasteiger partial charge in [-0.25, -0.2) is 0 Å². The molecule has 30 heavy (non-hydrogen) atoms. The number of nitrogens with zero attached hydrogens (tertiary/aromatic N) is 1. The summed E-state index contributed by atoms with van der Waals surface area (Å²) >= 11 is 19.3. The Hall–Kier alpha value is -1.22. The molecule has 1 atom stereocenters. The van der Waals surface area contributed by atoms with Crippen LogP contribution in [0.4, 0.5) is 5.69 Å². The molecule has 0 heterocycles. The van der Waals surface area contributed by atoms with Gasteiger partial charge in [-0.15, -0.1) is 11.6 Å². The number of aliphatic hydroxyl groups excluding tert-OH is 1. The smallest absolute Gasteiger partial charge is 0.179 e. The van der Waals surface area contributed by atoms with Crippen molar-refractivity contribution in [1.29, 1.82) is 0 Å². The molecule has 6 nitrogen and oxygen atoms in total. The molecule has 2 aromatic carbocycles. The number of hydrogen-bond acceptors (Lipinski definition) is 7. The fourth-order valence-electron chi connectivity index (χ4n) is 2.28. The van der Waals surface area contributed by atoms with E-state index >= 15 is 0 Å². The first-order valence-electron chi connectivity index (χ1n) is 9.10. The maximum absolute atomic E-state index is 9.63. The van der Waals surface area contributed by atoms with E-state index < -0.39 is 6.10 Å². The quantitative estimate of drug-likeness (QED) is 0.171. The minimum atomic E-state index is -0.669. The van der Waals surface area contributed by atoms with Gasteiger partial charge in [0.25, 0.3) is 0 Å². The summed E-state index contributed by atoms with van der Waals surface area (Å²) in [5.74, 6) is 2.07. The highest BCUT2D eigenvalue weighted by molar-refractivity contribution is 7.96. The van der Waals surface area contributed by atoms with Gasteiger partial charge in [0.2, 0.25) is 0 Å². The van der Waals surface area contributed by atoms with E-state index in [2.05, 4.69) is 0 Å². The van der Waals surface area contributed by atoms with Crippen molar-refractivity contribution in [3.05, 3.63) is 46.4 Å². The highest BCUT2D eigenvalue weighted by Gasteiger charge is 2.12. The monoisotopic (exact) mass is 495 g/mol. The normalized spacial score (nSPS) is 11.8. The standard InChI is InChI=1S/C20H24Cl3NO5S/c1-24(14-4-6-16(7-5-14)28-13-15(25)12-26-2)30-29-17-10-18(22)20(19(23)11-17)27-9-3-8-21/h4-7,10-11,15,25H,3,8-9,12-13H2,1-2H3. The van der Waals surface area contributed by atoms with Gasteiger partial charge in [-0.3, -0.25) is 4.31 Å². The maximum atomic E-state index is 9.63. The van der Waals surface area contributed by atoms with Gasteiger partial charge >= 0.3 is 0 Å². The largest absolute Gasteiger partial charge is 0.491 e. The average molecular weight is 497 g/mol. The summed E-state index contributed by atoms with van der Waals surface area (Å²) in [4.78, 5) is 0. The van der Waals surface area contributed by atoms with Crippen LogP contribution in [0, 0.1) is 0 Å². The van der Waals surface area contributed by atoms with E-state index in [-0.39, 0.29) is 13.2 Å². The van der Waals surface area contributed by atoms with Crippen LogP contribution in [0.25, 0.3) is 0 Å². The van der Waals surface area contributed by atoms with Crippen LogP contribution in [-0.4, -0.2) is 51.1 Å². The van der Waals surface area contributed by atoms with Gasteiger partial charge in [0.05, 0.1) is 23.3 Å². The molecule has 1 N–H and O–H groups in total. The third-order valence-electron chi connectivity index (χ3n) is 3.74. The third kappa shape index (κ3) is 8.13. The molecule has 0 aliphatic heterocycles. The van der Waals surface area contributed by atoms with Crippen molar-refractivity contribution in [1.82, 2.24) is 0 Å². The Morgan fingerprint density at radius 2 is 1.70 bits per heavy atom. The van der Waals surface area contributed by atoms with Crippen LogP contribution in [0.3, 0.4) is 0 Å². The molecule has 0 radical (unpaired) electrons. The van der Waals surface area contributed by atoms with Crippen molar-refractivity contribution in [2.24, 2.45) is 0 Å². The highest BCUT2D eigenvalue weighted by atomic mass is 35.5. The van der Waals surface area contributed by atoms with Gasteiger partial charge in [0.1, 0.15) is 24.2 Å². The summed E-state index contributed by atoms with van der Waals surface area (Å²) in [6.07, 6.45) is 0.0297. The van der Waals surface area contributed by atoms with Crippen LogP contribution in [0.2, 0.25) is 10.0 Å². The number of alkyl halides is 1. The first-order chi connectivity index (χ1) is 14.4. The van der Waals surface area contributed by atoms with Gasteiger partial charge < -0.3 is 23.5 Å². The van der Waals surface area contributed by atoms with Crippen molar-refractivity contribution < 1.29 is 23.5 Å². The zero-order chi connectivity index (χ0) is 21.9. The molecule has 2 aromatic rings. The second-order valence-corrected chi connectivity index (χ2v) is 8.23. The number of aliphatic hydroxyl groups is 1. The molecular formula is C20H24Cl3NO5S. The van der Waals surface area contributed by atoms with Crippen molar-refractivity contribution in [2.75, 3.05) is 44.2 Å². The number of ether oxygens (including phenoxy) is 3. The third-order valence-corrected chi connectivity index (χ3v) is 5.27. The zero-order valence-electron chi connectivity index (χ0n) is 16.6. The molecule has 0 saturated carbocycles. The lowest BCUT2D eigenvalue weighted by Gasteiger charge is -2.18. The van der Waals surface area contributed by atoms with Crippen LogP contribution in [0.5, 0.6) is 17.2 Å². The summed E-state index contributed by atoms with van der Waals surface area (Å²) in [6, 6.07) is 10.7. The van der Waals surface area contributed by atoms with Crippen molar-refractivity contribution in [3.63, 3.8) is 0 Å². The van der Waals surface area contributed by atoms with E-state index in [9.17, 15) is 5.11 Å². The minimum absolute atomic E-state index is 0.161. The summed E-state index contributed by atoms with van der Waals surface area (Å²) < 4.78 is 23.5.